The number of aromatic nitrogens is 4. The molecule has 2 fully saturated rings. The van der Waals surface area contributed by atoms with E-state index < -0.39 is 0 Å². The van der Waals surface area contributed by atoms with Crippen LogP contribution in [-0.2, 0) is 10.2 Å². The third-order valence-corrected chi connectivity index (χ3v) is 5.76. The molecule has 0 aromatic carbocycles. The number of likely N-dealkylation sites (tertiary alicyclic amines) is 1. The first-order chi connectivity index (χ1) is 12.9. The van der Waals surface area contributed by atoms with Crippen LogP contribution in [0.2, 0.25) is 0 Å². The number of rotatable bonds is 2. The predicted octanol–water partition coefficient (Wildman–Crippen LogP) is 2.65. The summed E-state index contributed by atoms with van der Waals surface area (Å²) in [6.45, 7) is 9.99. The standard InChI is InChI=1S/C20H30N6O/c1-20(2,3)19-22-21-16-7-8-17(23-26(16)19)24-13-9-15(10-14-24)18(27)25-11-5-4-6-12-25/h7-8,15H,4-6,9-14H2,1-3H3. The van der Waals surface area contributed by atoms with Crippen LogP contribution < -0.4 is 4.90 Å². The van der Waals surface area contributed by atoms with E-state index in [4.69, 9.17) is 5.10 Å². The number of nitrogens with zero attached hydrogens (tertiary/aromatic N) is 6. The summed E-state index contributed by atoms with van der Waals surface area (Å²) in [4.78, 5) is 17.1. The van der Waals surface area contributed by atoms with Gasteiger partial charge in [-0.25, -0.2) is 0 Å². The lowest BCUT2D eigenvalue weighted by Crippen LogP contribution is -2.44. The summed E-state index contributed by atoms with van der Waals surface area (Å²) in [5.41, 5.74) is 0.664. The zero-order chi connectivity index (χ0) is 19.0. The molecule has 0 aliphatic carbocycles. The molecule has 2 saturated heterocycles. The van der Waals surface area contributed by atoms with E-state index in [0.717, 1.165) is 69.2 Å². The molecule has 0 atom stereocenters. The van der Waals surface area contributed by atoms with Crippen LogP contribution in [0.1, 0.15) is 58.7 Å². The number of fused-ring (bicyclic) bond motifs is 1. The summed E-state index contributed by atoms with van der Waals surface area (Å²) in [6.07, 6.45) is 5.38. The molecule has 0 spiro atoms. The maximum Gasteiger partial charge on any atom is 0.225 e. The third-order valence-electron chi connectivity index (χ3n) is 5.76. The number of hydrogen-bond acceptors (Lipinski definition) is 5. The largest absolute Gasteiger partial charge is 0.355 e. The number of carbonyl (C=O) groups excluding carboxylic acids is 1. The van der Waals surface area contributed by atoms with Gasteiger partial charge in [-0.15, -0.1) is 15.3 Å². The van der Waals surface area contributed by atoms with Crippen LogP contribution in [0, 0.1) is 5.92 Å². The molecule has 0 saturated carbocycles. The molecule has 4 heterocycles. The lowest BCUT2D eigenvalue weighted by molar-refractivity contribution is -0.137. The van der Waals surface area contributed by atoms with Crippen molar-refractivity contribution in [1.29, 1.82) is 0 Å². The normalized spacial score (nSPS) is 19.7. The number of piperidine rings is 2. The van der Waals surface area contributed by atoms with Gasteiger partial charge < -0.3 is 9.80 Å². The van der Waals surface area contributed by atoms with Crippen LogP contribution >= 0.6 is 0 Å². The number of amides is 1. The van der Waals surface area contributed by atoms with E-state index in [-0.39, 0.29) is 11.3 Å². The number of hydrogen-bond donors (Lipinski definition) is 0. The lowest BCUT2D eigenvalue weighted by atomic mass is 9.94. The Hall–Kier alpha value is -2.18. The number of carbonyl (C=O) groups is 1. The Morgan fingerprint density at radius 1 is 1.00 bits per heavy atom. The minimum atomic E-state index is -0.112. The van der Waals surface area contributed by atoms with Crippen molar-refractivity contribution in [3.63, 3.8) is 0 Å². The molecule has 0 N–H and O–H groups in total. The Kier molecular flexibility index (Phi) is 4.78. The van der Waals surface area contributed by atoms with Crippen LogP contribution in [0.15, 0.2) is 12.1 Å². The molecule has 0 unspecified atom stereocenters. The molecule has 7 nitrogen and oxygen atoms in total. The highest BCUT2D eigenvalue weighted by molar-refractivity contribution is 5.79. The summed E-state index contributed by atoms with van der Waals surface area (Å²) in [6, 6.07) is 4.00. The Bertz CT molecular complexity index is 809. The van der Waals surface area contributed by atoms with Crippen molar-refractivity contribution < 1.29 is 4.79 Å². The number of anilines is 1. The van der Waals surface area contributed by atoms with Gasteiger partial charge in [0.05, 0.1) is 0 Å². The second-order valence-corrected chi connectivity index (χ2v) is 8.88. The van der Waals surface area contributed by atoms with Crippen LogP contribution in [0.4, 0.5) is 5.82 Å². The Labute approximate surface area is 160 Å². The van der Waals surface area contributed by atoms with E-state index in [2.05, 4.69) is 40.8 Å². The topological polar surface area (TPSA) is 66.6 Å². The first kappa shape index (κ1) is 18.2. The quantitative estimate of drug-likeness (QED) is 0.813. The van der Waals surface area contributed by atoms with Gasteiger partial charge in [-0.05, 0) is 44.2 Å². The van der Waals surface area contributed by atoms with Gasteiger partial charge in [0.25, 0.3) is 0 Å². The minimum absolute atomic E-state index is 0.112. The van der Waals surface area contributed by atoms with Crippen molar-refractivity contribution in [3.05, 3.63) is 18.0 Å². The summed E-state index contributed by atoms with van der Waals surface area (Å²) in [5.74, 6) is 2.35. The molecule has 0 radical (unpaired) electrons. The first-order valence-corrected chi connectivity index (χ1v) is 10.2. The van der Waals surface area contributed by atoms with Crippen LogP contribution in [-0.4, -0.2) is 56.8 Å². The fourth-order valence-electron chi connectivity index (χ4n) is 4.14. The molecule has 7 heteroatoms. The average molecular weight is 371 g/mol. The Morgan fingerprint density at radius 3 is 2.37 bits per heavy atom. The van der Waals surface area contributed by atoms with Gasteiger partial charge >= 0.3 is 0 Å². The second kappa shape index (κ2) is 7.09. The minimum Gasteiger partial charge on any atom is -0.355 e. The van der Waals surface area contributed by atoms with Gasteiger partial charge in [0.2, 0.25) is 5.91 Å². The van der Waals surface area contributed by atoms with Gasteiger partial charge in [0.1, 0.15) is 5.82 Å². The molecular weight excluding hydrogens is 340 g/mol. The van der Waals surface area contributed by atoms with E-state index in [1.54, 1.807) is 0 Å². The summed E-state index contributed by atoms with van der Waals surface area (Å²) < 4.78 is 1.86. The van der Waals surface area contributed by atoms with E-state index in [1.807, 2.05) is 16.6 Å². The monoisotopic (exact) mass is 370 g/mol. The average Bonchev–Trinajstić information content (AvgIpc) is 3.12. The second-order valence-electron chi connectivity index (χ2n) is 8.88. The van der Waals surface area contributed by atoms with E-state index >= 15 is 0 Å². The van der Waals surface area contributed by atoms with E-state index in [0.29, 0.717) is 5.91 Å². The molecule has 2 aromatic rings. The van der Waals surface area contributed by atoms with Gasteiger partial charge in [-0.2, -0.15) is 4.52 Å². The van der Waals surface area contributed by atoms with Crippen molar-refractivity contribution in [2.45, 2.75) is 58.3 Å². The van der Waals surface area contributed by atoms with Gasteiger partial charge in [0, 0.05) is 37.5 Å². The van der Waals surface area contributed by atoms with Crippen LogP contribution in [0.5, 0.6) is 0 Å². The van der Waals surface area contributed by atoms with Crippen molar-refractivity contribution >= 4 is 17.4 Å². The van der Waals surface area contributed by atoms with Crippen LogP contribution in [0.25, 0.3) is 5.65 Å². The lowest BCUT2D eigenvalue weighted by Gasteiger charge is -2.36. The van der Waals surface area contributed by atoms with Crippen molar-refractivity contribution in [2.24, 2.45) is 5.92 Å². The maximum absolute atomic E-state index is 12.8. The molecule has 2 aliphatic heterocycles. The highest BCUT2D eigenvalue weighted by Gasteiger charge is 2.30. The molecular formula is C20H30N6O. The van der Waals surface area contributed by atoms with Gasteiger partial charge in [-0.3, -0.25) is 4.79 Å². The SMILES string of the molecule is CC(C)(C)c1nnc2ccc(N3CCC(C(=O)N4CCCCC4)CC3)nn12. The van der Waals surface area contributed by atoms with E-state index in [9.17, 15) is 4.79 Å². The predicted molar refractivity (Wildman–Crippen MR) is 105 cm³/mol. The smallest absolute Gasteiger partial charge is 0.225 e. The summed E-state index contributed by atoms with van der Waals surface area (Å²) in [5, 5.41) is 13.4. The summed E-state index contributed by atoms with van der Waals surface area (Å²) >= 11 is 0. The molecule has 27 heavy (non-hydrogen) atoms. The fraction of sp³-hybridized carbons (Fsp3) is 0.700. The first-order valence-electron chi connectivity index (χ1n) is 10.2. The zero-order valence-corrected chi connectivity index (χ0v) is 16.7. The van der Waals surface area contributed by atoms with Gasteiger partial charge in [-0.1, -0.05) is 20.8 Å². The van der Waals surface area contributed by atoms with Gasteiger partial charge in [0.15, 0.2) is 11.5 Å². The Morgan fingerprint density at radius 2 is 1.70 bits per heavy atom. The highest BCUT2D eigenvalue weighted by atomic mass is 16.2. The summed E-state index contributed by atoms with van der Waals surface area (Å²) in [7, 11) is 0. The fourth-order valence-corrected chi connectivity index (χ4v) is 4.14. The molecule has 2 aliphatic rings. The van der Waals surface area contributed by atoms with Crippen molar-refractivity contribution in [2.75, 3.05) is 31.1 Å². The molecule has 1 amide bonds. The molecule has 2 aromatic heterocycles. The van der Waals surface area contributed by atoms with Crippen LogP contribution in [0.3, 0.4) is 0 Å². The molecule has 146 valence electrons. The maximum atomic E-state index is 12.8. The molecule has 4 rings (SSSR count). The molecule has 0 bridgehead atoms. The Balaban J connectivity index is 1.45. The van der Waals surface area contributed by atoms with Crippen molar-refractivity contribution in [3.8, 4) is 0 Å². The zero-order valence-electron chi connectivity index (χ0n) is 16.7. The highest BCUT2D eigenvalue weighted by Crippen LogP contribution is 2.26. The third kappa shape index (κ3) is 3.64. The van der Waals surface area contributed by atoms with Crippen molar-refractivity contribution in [1.82, 2.24) is 24.7 Å². The van der Waals surface area contributed by atoms with E-state index in [1.165, 1.54) is 6.42 Å².